The zero-order chi connectivity index (χ0) is 29.1. The largest absolute Gasteiger partial charge is 0.497 e. The molecule has 0 aliphatic carbocycles. The van der Waals surface area contributed by atoms with Crippen molar-refractivity contribution in [2.45, 2.75) is 25.1 Å². The Morgan fingerprint density at radius 2 is 1.57 bits per heavy atom. The minimum Gasteiger partial charge on any atom is -0.497 e. The van der Waals surface area contributed by atoms with Gasteiger partial charge in [0, 0.05) is 48.2 Å². The summed E-state index contributed by atoms with van der Waals surface area (Å²) < 4.78 is 11.1. The Morgan fingerprint density at radius 1 is 0.833 bits per heavy atom. The Hall–Kier alpha value is -4.43. The van der Waals surface area contributed by atoms with Crippen LogP contribution in [0, 0.1) is 0 Å². The van der Waals surface area contributed by atoms with E-state index in [9.17, 15) is 10.2 Å². The number of para-hydroxylation sites is 1. The van der Waals surface area contributed by atoms with E-state index < -0.39 is 6.10 Å². The number of hydrogen-bond donors (Lipinski definition) is 3. The highest BCUT2D eigenvalue weighted by Crippen LogP contribution is 2.28. The van der Waals surface area contributed by atoms with Gasteiger partial charge in [-0.25, -0.2) is 0 Å². The normalized spacial score (nSPS) is 12.7. The third kappa shape index (κ3) is 7.85. The Morgan fingerprint density at radius 3 is 2.29 bits per heavy atom. The molecule has 2 atom stereocenters. The fraction of sp³-hybridized carbons (Fsp3) is 0.229. The molecule has 216 valence electrons. The van der Waals surface area contributed by atoms with Gasteiger partial charge in [-0.15, -0.1) is 0 Å². The maximum absolute atomic E-state index is 10.9. The van der Waals surface area contributed by atoms with Crippen LogP contribution in [0.5, 0.6) is 11.5 Å². The average Bonchev–Trinajstić information content (AvgIpc) is 3.04. The minimum atomic E-state index is -0.718. The van der Waals surface area contributed by atoms with E-state index in [4.69, 9.17) is 9.47 Å². The fourth-order valence-electron chi connectivity index (χ4n) is 5.02. The number of methoxy groups -OCH3 is 1. The Labute approximate surface area is 247 Å². The van der Waals surface area contributed by atoms with Crippen molar-refractivity contribution >= 4 is 22.3 Å². The van der Waals surface area contributed by atoms with Crippen molar-refractivity contribution in [3.8, 4) is 11.5 Å². The molecule has 0 amide bonds. The number of benzene rings is 4. The van der Waals surface area contributed by atoms with Crippen molar-refractivity contribution in [2.75, 3.05) is 32.2 Å². The molecule has 0 saturated carbocycles. The first kappa shape index (κ1) is 29.1. The zero-order valence-corrected chi connectivity index (χ0v) is 23.8. The first-order chi connectivity index (χ1) is 20.6. The molecule has 0 aliphatic rings. The van der Waals surface area contributed by atoms with Crippen molar-refractivity contribution in [1.82, 2.24) is 9.88 Å². The van der Waals surface area contributed by atoms with Gasteiger partial charge in [-0.05, 0) is 60.0 Å². The van der Waals surface area contributed by atoms with Crippen LogP contribution < -0.4 is 14.8 Å². The van der Waals surface area contributed by atoms with Gasteiger partial charge >= 0.3 is 0 Å². The lowest BCUT2D eigenvalue weighted by Gasteiger charge is -2.32. The van der Waals surface area contributed by atoms with Crippen LogP contribution >= 0.6 is 0 Å². The van der Waals surface area contributed by atoms with E-state index in [0.717, 1.165) is 44.9 Å². The number of pyridine rings is 1. The van der Waals surface area contributed by atoms with E-state index in [-0.39, 0.29) is 19.3 Å². The summed E-state index contributed by atoms with van der Waals surface area (Å²) in [5, 5.41) is 25.9. The predicted octanol–water partition coefficient (Wildman–Crippen LogP) is 5.83. The molecule has 1 heterocycles. The molecule has 1 aromatic heterocycles. The van der Waals surface area contributed by atoms with Crippen molar-refractivity contribution in [1.29, 1.82) is 0 Å². The van der Waals surface area contributed by atoms with E-state index in [1.54, 1.807) is 13.3 Å². The van der Waals surface area contributed by atoms with Gasteiger partial charge in [-0.1, -0.05) is 60.7 Å². The first-order valence-corrected chi connectivity index (χ1v) is 14.1. The lowest BCUT2D eigenvalue weighted by molar-refractivity contribution is 0.0335. The third-order valence-electron chi connectivity index (χ3n) is 7.24. The third-order valence-corrected chi connectivity index (χ3v) is 7.24. The van der Waals surface area contributed by atoms with Gasteiger partial charge in [0.15, 0.2) is 0 Å². The van der Waals surface area contributed by atoms with Gasteiger partial charge < -0.3 is 25.0 Å². The maximum atomic E-state index is 10.9. The second kappa shape index (κ2) is 14.5. The van der Waals surface area contributed by atoms with E-state index in [1.165, 1.54) is 0 Å². The number of rotatable bonds is 14. The van der Waals surface area contributed by atoms with Crippen molar-refractivity contribution in [3.05, 3.63) is 127 Å². The molecule has 7 nitrogen and oxygen atoms in total. The quantitative estimate of drug-likeness (QED) is 0.157. The Bertz CT molecular complexity index is 1530. The van der Waals surface area contributed by atoms with Crippen LogP contribution in [0.1, 0.15) is 11.1 Å². The molecule has 42 heavy (non-hydrogen) atoms. The molecule has 0 radical (unpaired) electrons. The number of aliphatic hydroxyl groups is 2. The molecule has 5 aromatic rings. The topological polar surface area (TPSA) is 87.1 Å². The monoisotopic (exact) mass is 563 g/mol. The minimum absolute atomic E-state index is 0.0361. The van der Waals surface area contributed by atoms with Crippen LogP contribution in [0.4, 0.5) is 11.4 Å². The number of nitrogens with one attached hydrogen (secondary N) is 1. The molecule has 3 N–H and O–H groups in total. The highest BCUT2D eigenvalue weighted by Gasteiger charge is 2.22. The molecule has 5 rings (SSSR count). The fourth-order valence-corrected chi connectivity index (χ4v) is 5.02. The number of fused-ring (bicyclic) bond motifs is 1. The molecular formula is C35H37N3O4. The average molecular weight is 564 g/mol. The molecule has 0 spiro atoms. The van der Waals surface area contributed by atoms with E-state index in [2.05, 4.69) is 39.5 Å². The summed E-state index contributed by atoms with van der Waals surface area (Å²) >= 11 is 0. The Kier molecular flexibility index (Phi) is 10.0. The van der Waals surface area contributed by atoms with Crippen molar-refractivity contribution < 1.29 is 19.7 Å². The van der Waals surface area contributed by atoms with Crippen LogP contribution in [0.2, 0.25) is 0 Å². The lowest BCUT2D eigenvalue weighted by Crippen LogP contribution is -2.44. The number of nitrogens with zero attached hydrogens (tertiary/aromatic N) is 2. The summed E-state index contributed by atoms with van der Waals surface area (Å²) in [5.74, 6) is 1.49. The molecule has 0 fully saturated rings. The summed E-state index contributed by atoms with van der Waals surface area (Å²) in [7, 11) is 1.65. The molecule has 0 aliphatic heterocycles. The maximum Gasteiger partial charge on any atom is 0.121 e. The molecule has 7 heteroatoms. The van der Waals surface area contributed by atoms with Crippen LogP contribution in [0.15, 0.2) is 115 Å². The standard InChI is InChI=1S/C35H37N3O4/c1-41-32-16-17-33-34(18-19-36-35(33)21-32)37-28-14-12-26(13-15-28)20-29(24-39)38(22-27-8-4-2-5-9-27)23-30(40)25-42-31-10-6-3-7-11-31/h2-19,21,29-30,39-40H,20,22-25H2,1H3,(H,36,37)/t29-,30-/m0/s1. The molecule has 4 aromatic carbocycles. The van der Waals surface area contributed by atoms with E-state index in [1.807, 2.05) is 84.9 Å². The van der Waals surface area contributed by atoms with Gasteiger partial charge in [-0.2, -0.15) is 0 Å². The number of ether oxygens (including phenoxy) is 2. The van der Waals surface area contributed by atoms with Gasteiger partial charge in [-0.3, -0.25) is 9.88 Å². The van der Waals surface area contributed by atoms with Crippen LogP contribution in [-0.4, -0.2) is 59.1 Å². The second-order valence-electron chi connectivity index (χ2n) is 10.3. The van der Waals surface area contributed by atoms with Crippen LogP contribution in [-0.2, 0) is 13.0 Å². The lowest BCUT2D eigenvalue weighted by atomic mass is 10.0. The number of aromatic nitrogens is 1. The van der Waals surface area contributed by atoms with Crippen molar-refractivity contribution in [2.24, 2.45) is 0 Å². The SMILES string of the molecule is COc1ccc2c(Nc3ccc(C[C@@H](CO)N(Cc4ccccc4)C[C@H](O)COc4ccccc4)cc3)ccnc2c1. The molecule has 0 saturated heterocycles. The summed E-state index contributed by atoms with van der Waals surface area (Å²) in [5.41, 5.74) is 4.99. The van der Waals surface area contributed by atoms with Gasteiger partial charge in [0.05, 0.1) is 19.2 Å². The molecule has 0 unspecified atom stereocenters. The zero-order valence-electron chi connectivity index (χ0n) is 23.8. The summed E-state index contributed by atoms with van der Waals surface area (Å²) in [4.78, 5) is 6.60. The second-order valence-corrected chi connectivity index (χ2v) is 10.3. The van der Waals surface area contributed by atoms with E-state index >= 15 is 0 Å². The predicted molar refractivity (Wildman–Crippen MR) is 167 cm³/mol. The van der Waals surface area contributed by atoms with E-state index in [0.29, 0.717) is 19.5 Å². The Balaban J connectivity index is 1.26. The van der Waals surface area contributed by atoms with Gasteiger partial charge in [0.1, 0.15) is 24.2 Å². The smallest absolute Gasteiger partial charge is 0.121 e. The summed E-state index contributed by atoms with van der Waals surface area (Å²) in [6.07, 6.45) is 1.70. The highest BCUT2D eigenvalue weighted by molar-refractivity contribution is 5.93. The summed E-state index contributed by atoms with van der Waals surface area (Å²) in [6.45, 7) is 1.11. The summed E-state index contributed by atoms with van der Waals surface area (Å²) in [6, 6.07) is 35.5. The van der Waals surface area contributed by atoms with Gasteiger partial charge in [0.2, 0.25) is 0 Å². The molecular weight excluding hydrogens is 526 g/mol. The van der Waals surface area contributed by atoms with Crippen LogP contribution in [0.25, 0.3) is 10.9 Å². The first-order valence-electron chi connectivity index (χ1n) is 14.1. The van der Waals surface area contributed by atoms with Crippen LogP contribution in [0.3, 0.4) is 0 Å². The van der Waals surface area contributed by atoms with Crippen molar-refractivity contribution in [3.63, 3.8) is 0 Å². The molecule has 0 bridgehead atoms. The number of aliphatic hydroxyl groups excluding tert-OH is 2. The van der Waals surface area contributed by atoms with Gasteiger partial charge in [0.25, 0.3) is 0 Å². The number of anilines is 2. The number of hydrogen-bond acceptors (Lipinski definition) is 7. The highest BCUT2D eigenvalue weighted by atomic mass is 16.5.